The first-order valence-corrected chi connectivity index (χ1v) is 5.11. The van der Waals surface area contributed by atoms with E-state index < -0.39 is 0 Å². The summed E-state index contributed by atoms with van der Waals surface area (Å²) in [6.45, 7) is 4.12. The second kappa shape index (κ2) is 5.14. The Hall–Kier alpha value is -1.06. The van der Waals surface area contributed by atoms with Crippen molar-refractivity contribution in [1.82, 2.24) is 0 Å². The average molecular weight is 209 g/mol. The number of hydrogen-bond donors (Lipinski definition) is 2. The van der Waals surface area contributed by atoms with Crippen molar-refractivity contribution in [3.8, 4) is 5.75 Å². The molecule has 0 heterocycles. The molecular formula is C12H19NO2. The fraction of sp³-hybridized carbons (Fsp3) is 0.500. The van der Waals surface area contributed by atoms with Crippen LogP contribution in [-0.2, 0) is 0 Å². The van der Waals surface area contributed by atoms with Gasteiger partial charge < -0.3 is 15.6 Å². The second-order valence-corrected chi connectivity index (χ2v) is 3.81. The van der Waals surface area contributed by atoms with Gasteiger partial charge in [-0.05, 0) is 37.0 Å². The Morgan fingerprint density at radius 2 is 1.87 bits per heavy atom. The summed E-state index contributed by atoms with van der Waals surface area (Å²) < 4.78 is 5.28. The first-order chi connectivity index (χ1) is 7.10. The van der Waals surface area contributed by atoms with Crippen LogP contribution in [0, 0.1) is 13.8 Å². The molecule has 0 aliphatic carbocycles. The minimum absolute atomic E-state index is 0.0988. The van der Waals surface area contributed by atoms with Gasteiger partial charge in [0.15, 0.2) is 0 Å². The average Bonchev–Trinajstić information content (AvgIpc) is 2.17. The molecule has 0 radical (unpaired) electrons. The maximum Gasteiger partial charge on any atom is 0.124 e. The fourth-order valence-electron chi connectivity index (χ4n) is 1.83. The van der Waals surface area contributed by atoms with Crippen LogP contribution in [0.2, 0.25) is 0 Å². The van der Waals surface area contributed by atoms with E-state index in [1.807, 2.05) is 26.0 Å². The van der Waals surface area contributed by atoms with Crippen LogP contribution in [0.1, 0.15) is 29.2 Å². The third kappa shape index (κ3) is 2.70. The van der Waals surface area contributed by atoms with E-state index in [9.17, 15) is 0 Å². The summed E-state index contributed by atoms with van der Waals surface area (Å²) in [5.74, 6) is 0.912. The molecule has 1 aromatic carbocycles. The van der Waals surface area contributed by atoms with Gasteiger partial charge in [0.05, 0.1) is 7.11 Å². The van der Waals surface area contributed by atoms with Crippen molar-refractivity contribution < 1.29 is 9.84 Å². The third-order valence-corrected chi connectivity index (χ3v) is 2.56. The molecule has 0 amide bonds. The molecule has 0 bridgehead atoms. The maximum atomic E-state index is 8.83. The van der Waals surface area contributed by atoms with Crippen molar-refractivity contribution in [1.29, 1.82) is 0 Å². The zero-order chi connectivity index (χ0) is 11.4. The highest BCUT2D eigenvalue weighted by Gasteiger charge is 2.10. The van der Waals surface area contributed by atoms with E-state index in [4.69, 9.17) is 15.6 Å². The van der Waals surface area contributed by atoms with Gasteiger partial charge >= 0.3 is 0 Å². The molecular weight excluding hydrogens is 190 g/mol. The molecule has 0 saturated heterocycles. The Morgan fingerprint density at radius 1 is 1.33 bits per heavy atom. The summed E-state index contributed by atoms with van der Waals surface area (Å²) in [4.78, 5) is 0. The van der Waals surface area contributed by atoms with Crippen molar-refractivity contribution in [2.24, 2.45) is 5.73 Å². The Kier molecular flexibility index (Phi) is 4.12. The predicted molar refractivity (Wildman–Crippen MR) is 61.1 cm³/mol. The van der Waals surface area contributed by atoms with Crippen LogP contribution in [0.25, 0.3) is 0 Å². The molecule has 3 N–H and O–H groups in total. The predicted octanol–water partition coefficient (Wildman–Crippen LogP) is 1.69. The number of aryl methyl sites for hydroxylation is 2. The largest absolute Gasteiger partial charge is 0.496 e. The molecule has 84 valence electrons. The Balaban J connectivity index is 3.02. The number of methoxy groups -OCH3 is 1. The molecule has 1 rings (SSSR count). The maximum absolute atomic E-state index is 8.83. The van der Waals surface area contributed by atoms with Crippen LogP contribution in [0.5, 0.6) is 5.75 Å². The summed E-state index contributed by atoms with van der Waals surface area (Å²) in [7, 11) is 1.67. The summed E-state index contributed by atoms with van der Waals surface area (Å²) in [6.07, 6.45) is 0.589. The first kappa shape index (κ1) is 12.0. The summed E-state index contributed by atoms with van der Waals surface area (Å²) in [5.41, 5.74) is 9.16. The number of benzene rings is 1. The summed E-state index contributed by atoms with van der Waals surface area (Å²) in [6, 6.07) is 3.94. The Labute approximate surface area is 90.9 Å². The van der Waals surface area contributed by atoms with E-state index >= 15 is 0 Å². The van der Waals surface area contributed by atoms with Gasteiger partial charge in [-0.2, -0.15) is 0 Å². The van der Waals surface area contributed by atoms with Crippen molar-refractivity contribution in [3.63, 3.8) is 0 Å². The van der Waals surface area contributed by atoms with Gasteiger partial charge in [-0.1, -0.05) is 12.1 Å². The number of aliphatic hydroxyl groups is 1. The normalized spacial score (nSPS) is 12.6. The smallest absolute Gasteiger partial charge is 0.124 e. The van der Waals surface area contributed by atoms with Crippen molar-refractivity contribution >= 4 is 0 Å². The van der Waals surface area contributed by atoms with Gasteiger partial charge in [-0.3, -0.25) is 0 Å². The summed E-state index contributed by atoms with van der Waals surface area (Å²) >= 11 is 0. The molecule has 3 nitrogen and oxygen atoms in total. The van der Waals surface area contributed by atoms with Crippen molar-refractivity contribution in [3.05, 3.63) is 28.8 Å². The quantitative estimate of drug-likeness (QED) is 0.793. The Morgan fingerprint density at radius 3 is 2.27 bits per heavy atom. The number of aliphatic hydroxyl groups excluding tert-OH is 1. The minimum Gasteiger partial charge on any atom is -0.496 e. The van der Waals surface area contributed by atoms with Crippen molar-refractivity contribution in [2.45, 2.75) is 26.3 Å². The van der Waals surface area contributed by atoms with Crippen LogP contribution in [-0.4, -0.2) is 18.8 Å². The van der Waals surface area contributed by atoms with Gasteiger partial charge in [0.25, 0.3) is 0 Å². The number of nitrogens with two attached hydrogens (primary N) is 1. The Bertz CT molecular complexity index is 313. The van der Waals surface area contributed by atoms with E-state index in [-0.39, 0.29) is 12.6 Å². The van der Waals surface area contributed by atoms with Crippen LogP contribution in [0.3, 0.4) is 0 Å². The first-order valence-electron chi connectivity index (χ1n) is 5.11. The second-order valence-electron chi connectivity index (χ2n) is 3.81. The van der Waals surface area contributed by atoms with Crippen LogP contribution in [0.4, 0.5) is 0 Å². The van der Waals surface area contributed by atoms with Gasteiger partial charge in [0, 0.05) is 12.6 Å². The lowest BCUT2D eigenvalue weighted by molar-refractivity contribution is 0.276. The van der Waals surface area contributed by atoms with Crippen LogP contribution < -0.4 is 10.5 Å². The molecule has 0 unspecified atom stereocenters. The SMILES string of the molecule is COc1c(C)cc([C@@H](N)CCO)cc1C. The molecule has 3 heteroatoms. The topological polar surface area (TPSA) is 55.5 Å². The van der Waals surface area contributed by atoms with Gasteiger partial charge in [-0.25, -0.2) is 0 Å². The molecule has 0 aliphatic rings. The number of rotatable bonds is 4. The lowest BCUT2D eigenvalue weighted by Gasteiger charge is -2.15. The lowest BCUT2D eigenvalue weighted by atomic mass is 9.99. The standard InChI is InChI=1S/C12H19NO2/c1-8-6-10(11(13)4-5-14)7-9(2)12(8)15-3/h6-7,11,14H,4-5,13H2,1-3H3/t11-/m0/s1. The molecule has 0 saturated carbocycles. The highest BCUT2D eigenvalue weighted by molar-refractivity contribution is 5.44. The van der Waals surface area contributed by atoms with Crippen LogP contribution in [0.15, 0.2) is 12.1 Å². The minimum atomic E-state index is -0.0988. The van der Waals surface area contributed by atoms with E-state index in [0.29, 0.717) is 6.42 Å². The molecule has 1 atom stereocenters. The van der Waals surface area contributed by atoms with E-state index in [0.717, 1.165) is 22.4 Å². The number of hydrogen-bond acceptors (Lipinski definition) is 3. The van der Waals surface area contributed by atoms with Crippen molar-refractivity contribution in [2.75, 3.05) is 13.7 Å². The zero-order valence-corrected chi connectivity index (χ0v) is 9.58. The lowest BCUT2D eigenvalue weighted by Crippen LogP contribution is -2.12. The van der Waals surface area contributed by atoms with Gasteiger partial charge in [-0.15, -0.1) is 0 Å². The van der Waals surface area contributed by atoms with E-state index in [1.54, 1.807) is 7.11 Å². The number of ether oxygens (including phenoxy) is 1. The van der Waals surface area contributed by atoms with Gasteiger partial charge in [0.2, 0.25) is 0 Å². The molecule has 0 aromatic heterocycles. The van der Waals surface area contributed by atoms with Crippen LogP contribution >= 0.6 is 0 Å². The molecule has 0 aliphatic heterocycles. The third-order valence-electron chi connectivity index (χ3n) is 2.56. The fourth-order valence-corrected chi connectivity index (χ4v) is 1.83. The molecule has 15 heavy (non-hydrogen) atoms. The summed E-state index contributed by atoms with van der Waals surface area (Å²) in [5, 5.41) is 8.83. The molecule has 0 spiro atoms. The van der Waals surface area contributed by atoms with E-state index in [1.165, 1.54) is 0 Å². The molecule has 0 fully saturated rings. The molecule has 1 aromatic rings. The highest BCUT2D eigenvalue weighted by Crippen LogP contribution is 2.27. The van der Waals surface area contributed by atoms with Gasteiger partial charge in [0.1, 0.15) is 5.75 Å². The zero-order valence-electron chi connectivity index (χ0n) is 9.58. The highest BCUT2D eigenvalue weighted by atomic mass is 16.5. The van der Waals surface area contributed by atoms with E-state index in [2.05, 4.69) is 0 Å². The monoisotopic (exact) mass is 209 g/mol.